The van der Waals surface area contributed by atoms with E-state index in [4.69, 9.17) is 0 Å². The van der Waals surface area contributed by atoms with E-state index in [0.29, 0.717) is 11.3 Å². The molecule has 0 aliphatic carbocycles. The summed E-state index contributed by atoms with van der Waals surface area (Å²) in [5.41, 5.74) is 1.21. The minimum Gasteiger partial charge on any atom is -0.324 e. The molecule has 1 N–H and O–H groups in total. The average Bonchev–Trinajstić information content (AvgIpc) is 3.04. The van der Waals surface area contributed by atoms with E-state index in [1.54, 1.807) is 25.1 Å². The monoisotopic (exact) mass is 408 g/mol. The van der Waals surface area contributed by atoms with Gasteiger partial charge in [0, 0.05) is 5.69 Å². The third kappa shape index (κ3) is 4.32. The van der Waals surface area contributed by atoms with Crippen molar-refractivity contribution in [1.82, 2.24) is 4.90 Å². The zero-order valence-corrected chi connectivity index (χ0v) is 16.1. The number of aryl methyl sites for hydroxylation is 1. The first kappa shape index (κ1) is 20.3. The number of carbonyl (C=O) groups is 2. The van der Waals surface area contributed by atoms with E-state index >= 15 is 0 Å². The van der Waals surface area contributed by atoms with Gasteiger partial charge in [0.2, 0.25) is 11.8 Å². The number of halogens is 3. The largest absolute Gasteiger partial charge is 0.416 e. The van der Waals surface area contributed by atoms with Crippen LogP contribution < -0.4 is 5.32 Å². The number of rotatable bonds is 4. The third-order valence-electron chi connectivity index (χ3n) is 4.52. The van der Waals surface area contributed by atoms with Crippen LogP contribution in [0, 0.1) is 6.92 Å². The van der Waals surface area contributed by atoms with E-state index in [-0.39, 0.29) is 11.7 Å². The van der Waals surface area contributed by atoms with Crippen LogP contribution in [-0.4, -0.2) is 28.5 Å². The highest BCUT2D eigenvalue weighted by atomic mass is 32.2. The zero-order valence-electron chi connectivity index (χ0n) is 15.3. The van der Waals surface area contributed by atoms with Gasteiger partial charge in [-0.2, -0.15) is 13.2 Å². The second-order valence-corrected chi connectivity index (χ2v) is 7.69. The summed E-state index contributed by atoms with van der Waals surface area (Å²) >= 11 is 1.21. The Morgan fingerprint density at radius 3 is 2.54 bits per heavy atom. The van der Waals surface area contributed by atoms with Crippen molar-refractivity contribution in [3.63, 3.8) is 0 Å². The van der Waals surface area contributed by atoms with E-state index in [9.17, 15) is 22.8 Å². The van der Waals surface area contributed by atoms with Gasteiger partial charge in [-0.15, -0.1) is 11.8 Å². The minimum absolute atomic E-state index is 0.114. The van der Waals surface area contributed by atoms with E-state index in [2.05, 4.69) is 5.32 Å². The first-order chi connectivity index (χ1) is 13.2. The lowest BCUT2D eigenvalue weighted by atomic mass is 10.1. The van der Waals surface area contributed by atoms with Crippen LogP contribution in [0.5, 0.6) is 0 Å². The maximum absolute atomic E-state index is 13.0. The summed E-state index contributed by atoms with van der Waals surface area (Å²) in [6, 6.07) is 11.3. The number of hydrogen-bond acceptors (Lipinski definition) is 3. The molecule has 0 aromatic heterocycles. The van der Waals surface area contributed by atoms with Crippen LogP contribution in [0.1, 0.15) is 29.0 Å². The summed E-state index contributed by atoms with van der Waals surface area (Å²) in [5.74, 6) is -0.557. The Morgan fingerprint density at radius 2 is 1.89 bits per heavy atom. The number of benzene rings is 2. The summed E-state index contributed by atoms with van der Waals surface area (Å²) < 4.78 is 39.1. The normalized spacial score (nSPS) is 18.2. The Labute approximate surface area is 165 Å². The summed E-state index contributed by atoms with van der Waals surface area (Å²) in [7, 11) is 0. The molecule has 0 bridgehead atoms. The van der Waals surface area contributed by atoms with Crippen molar-refractivity contribution in [2.75, 3.05) is 11.1 Å². The molecule has 0 unspecified atom stereocenters. The SMILES string of the molecule is Cc1ccc(NC(=O)[C@@H](C)N2C(=O)CS[C@@H]2c2cccc(C(F)(F)F)c2)cc1. The van der Waals surface area contributed by atoms with Crippen molar-refractivity contribution in [2.45, 2.75) is 31.4 Å². The van der Waals surface area contributed by atoms with Gasteiger partial charge in [0.25, 0.3) is 0 Å². The molecule has 2 aromatic carbocycles. The second-order valence-electron chi connectivity index (χ2n) is 6.62. The fourth-order valence-corrected chi connectivity index (χ4v) is 4.24. The van der Waals surface area contributed by atoms with Gasteiger partial charge in [-0.3, -0.25) is 9.59 Å². The predicted molar refractivity (Wildman–Crippen MR) is 103 cm³/mol. The molecule has 2 amide bonds. The quantitative estimate of drug-likeness (QED) is 0.804. The highest BCUT2D eigenvalue weighted by Crippen LogP contribution is 2.41. The molecule has 1 heterocycles. The van der Waals surface area contributed by atoms with Crippen molar-refractivity contribution in [2.24, 2.45) is 0 Å². The molecule has 1 aliphatic rings. The molecule has 0 spiro atoms. The van der Waals surface area contributed by atoms with Crippen molar-refractivity contribution in [3.05, 3.63) is 65.2 Å². The highest BCUT2D eigenvalue weighted by molar-refractivity contribution is 8.00. The molecule has 148 valence electrons. The molecule has 0 saturated carbocycles. The number of anilines is 1. The topological polar surface area (TPSA) is 49.4 Å². The molecule has 1 saturated heterocycles. The number of hydrogen-bond donors (Lipinski definition) is 1. The van der Waals surface area contributed by atoms with Crippen LogP contribution in [0.4, 0.5) is 18.9 Å². The summed E-state index contributed by atoms with van der Waals surface area (Å²) in [6.07, 6.45) is -4.47. The van der Waals surface area contributed by atoms with Crippen molar-refractivity contribution >= 4 is 29.3 Å². The van der Waals surface area contributed by atoms with Crippen molar-refractivity contribution in [3.8, 4) is 0 Å². The average molecular weight is 408 g/mol. The van der Waals surface area contributed by atoms with Gasteiger partial charge in [0.1, 0.15) is 11.4 Å². The van der Waals surface area contributed by atoms with Gasteiger partial charge >= 0.3 is 6.18 Å². The number of nitrogens with one attached hydrogen (secondary N) is 1. The Morgan fingerprint density at radius 1 is 1.21 bits per heavy atom. The molecule has 8 heteroatoms. The molecule has 3 rings (SSSR count). The fourth-order valence-electron chi connectivity index (χ4n) is 2.99. The smallest absolute Gasteiger partial charge is 0.324 e. The van der Waals surface area contributed by atoms with Crippen LogP contribution in [0.2, 0.25) is 0 Å². The molecule has 2 aromatic rings. The maximum atomic E-state index is 13.0. The van der Waals surface area contributed by atoms with Gasteiger partial charge in [-0.05, 0) is 43.7 Å². The molecule has 2 atom stereocenters. The summed E-state index contributed by atoms with van der Waals surface area (Å²) in [5, 5.41) is 2.11. The number of carbonyl (C=O) groups excluding carboxylic acids is 2. The zero-order chi connectivity index (χ0) is 20.5. The van der Waals surface area contributed by atoms with Crippen LogP contribution >= 0.6 is 11.8 Å². The predicted octanol–water partition coefficient (Wildman–Crippen LogP) is 4.62. The van der Waals surface area contributed by atoms with Gasteiger partial charge < -0.3 is 10.2 Å². The van der Waals surface area contributed by atoms with Gasteiger partial charge in [-0.25, -0.2) is 0 Å². The summed E-state index contributed by atoms with van der Waals surface area (Å²) in [6.45, 7) is 3.50. The first-order valence-corrected chi connectivity index (χ1v) is 9.69. The number of alkyl halides is 3. The Hall–Kier alpha value is -2.48. The highest BCUT2D eigenvalue weighted by Gasteiger charge is 2.40. The Kier molecular flexibility index (Phi) is 5.69. The molecular formula is C20H19F3N2O2S. The summed E-state index contributed by atoms with van der Waals surface area (Å²) in [4.78, 5) is 26.4. The van der Waals surface area contributed by atoms with Crippen molar-refractivity contribution in [1.29, 1.82) is 0 Å². The first-order valence-electron chi connectivity index (χ1n) is 8.64. The van der Waals surface area contributed by atoms with Crippen LogP contribution in [0.25, 0.3) is 0 Å². The fraction of sp³-hybridized carbons (Fsp3) is 0.300. The second kappa shape index (κ2) is 7.87. The number of nitrogens with zero attached hydrogens (tertiary/aromatic N) is 1. The van der Waals surface area contributed by atoms with Gasteiger partial charge in [0.05, 0.1) is 11.3 Å². The molecule has 1 aliphatic heterocycles. The lowest BCUT2D eigenvalue weighted by Crippen LogP contribution is -2.44. The third-order valence-corrected chi connectivity index (χ3v) is 5.75. The number of thioether (sulfide) groups is 1. The van der Waals surface area contributed by atoms with Crippen LogP contribution in [0.3, 0.4) is 0 Å². The van der Waals surface area contributed by atoms with Crippen molar-refractivity contribution < 1.29 is 22.8 Å². The number of amides is 2. The van der Waals surface area contributed by atoms with Crippen LogP contribution in [-0.2, 0) is 15.8 Å². The lowest BCUT2D eigenvalue weighted by molar-refractivity contribution is -0.137. The molecule has 4 nitrogen and oxygen atoms in total. The van der Waals surface area contributed by atoms with E-state index in [1.807, 2.05) is 19.1 Å². The minimum atomic E-state index is -4.47. The van der Waals surface area contributed by atoms with Gasteiger partial charge in [0.15, 0.2) is 0 Å². The van der Waals surface area contributed by atoms with E-state index < -0.39 is 29.1 Å². The Balaban J connectivity index is 1.81. The maximum Gasteiger partial charge on any atom is 0.416 e. The molecular weight excluding hydrogens is 389 g/mol. The standard InChI is InChI=1S/C20H19F3N2O2S/c1-12-6-8-16(9-7-12)24-18(27)13(2)25-17(26)11-28-19(25)14-4-3-5-15(10-14)20(21,22)23/h3-10,13,19H,11H2,1-2H3,(H,24,27)/t13-,19-/m1/s1. The lowest BCUT2D eigenvalue weighted by Gasteiger charge is -2.30. The van der Waals surface area contributed by atoms with Crippen LogP contribution in [0.15, 0.2) is 48.5 Å². The van der Waals surface area contributed by atoms with E-state index in [1.165, 1.54) is 22.7 Å². The molecule has 28 heavy (non-hydrogen) atoms. The Bertz CT molecular complexity index is 884. The van der Waals surface area contributed by atoms with Gasteiger partial charge in [-0.1, -0.05) is 29.8 Å². The van der Waals surface area contributed by atoms with E-state index in [0.717, 1.165) is 17.7 Å². The molecule has 1 fully saturated rings. The molecule has 0 radical (unpaired) electrons.